The summed E-state index contributed by atoms with van der Waals surface area (Å²) in [5.74, 6) is 2.39. The Balaban J connectivity index is 1.47. The highest BCUT2D eigenvalue weighted by Crippen LogP contribution is 2.55. The van der Waals surface area contributed by atoms with Gasteiger partial charge < -0.3 is 16.4 Å². The van der Waals surface area contributed by atoms with E-state index in [1.54, 1.807) is 0 Å². The van der Waals surface area contributed by atoms with Crippen LogP contribution in [0.2, 0.25) is 0 Å². The number of rotatable bonds is 5. The molecule has 0 radical (unpaired) electrons. The van der Waals surface area contributed by atoms with E-state index in [1.807, 2.05) is 31.2 Å². The third kappa shape index (κ3) is 3.44. The molecule has 1 aromatic carbocycles. The Bertz CT molecular complexity index is 680. The van der Waals surface area contributed by atoms with E-state index < -0.39 is 6.03 Å². The van der Waals surface area contributed by atoms with Crippen LogP contribution in [0.4, 0.5) is 4.79 Å². The van der Waals surface area contributed by atoms with Crippen LogP contribution in [0.1, 0.15) is 62.1 Å². The molecule has 5 nitrogen and oxygen atoms in total. The molecule has 1 aromatic rings. The van der Waals surface area contributed by atoms with Gasteiger partial charge in [-0.15, -0.1) is 0 Å². The second-order valence-corrected chi connectivity index (χ2v) is 8.87. The number of nitrogens with two attached hydrogens (primary N) is 1. The third-order valence-electron chi connectivity index (χ3n) is 6.71. The van der Waals surface area contributed by atoms with Crippen LogP contribution in [0.15, 0.2) is 24.3 Å². The highest BCUT2D eigenvalue weighted by atomic mass is 16.2. The molecule has 0 unspecified atom stereocenters. The lowest BCUT2D eigenvalue weighted by atomic mass is 9.53. The maximum atomic E-state index is 12.9. The Morgan fingerprint density at radius 3 is 2.23 bits per heavy atom. The quantitative estimate of drug-likeness (QED) is 0.758. The minimum Gasteiger partial charge on any atom is -0.352 e. The van der Waals surface area contributed by atoms with Crippen molar-refractivity contribution in [1.29, 1.82) is 0 Å². The van der Waals surface area contributed by atoms with E-state index in [-0.39, 0.29) is 23.9 Å². The van der Waals surface area contributed by atoms with Gasteiger partial charge in [0.25, 0.3) is 0 Å². The zero-order valence-corrected chi connectivity index (χ0v) is 15.5. The molecule has 0 saturated heterocycles. The number of hydrogen-bond donors (Lipinski definition) is 3. The van der Waals surface area contributed by atoms with E-state index in [9.17, 15) is 9.59 Å². The molecule has 4 fully saturated rings. The summed E-state index contributed by atoms with van der Waals surface area (Å²) in [5, 5.41) is 6.14. The average molecular weight is 355 g/mol. The number of amides is 3. The normalized spacial score (nSPS) is 32.9. The lowest BCUT2D eigenvalue weighted by molar-refractivity contribution is -0.127. The van der Waals surface area contributed by atoms with E-state index in [4.69, 9.17) is 5.73 Å². The fourth-order valence-corrected chi connectivity index (χ4v) is 6.18. The maximum Gasteiger partial charge on any atom is 0.312 e. The summed E-state index contributed by atoms with van der Waals surface area (Å²) in [6, 6.07) is 6.84. The lowest BCUT2D eigenvalue weighted by Crippen LogP contribution is -2.60. The van der Waals surface area contributed by atoms with Crippen LogP contribution >= 0.6 is 0 Å². The summed E-state index contributed by atoms with van der Waals surface area (Å²) in [4.78, 5) is 24.4. The molecule has 1 atom stereocenters. The number of aryl methyl sites for hydroxylation is 1. The van der Waals surface area contributed by atoms with Crippen LogP contribution < -0.4 is 16.4 Å². The standard InChI is InChI=1S/C21H29N3O2/c1-13-4-2-3-5-17(13)18(23-20(22)26)9-19(25)24-21-10-14-6-15(11-21)8-16(7-14)12-21/h2-5,14-16,18H,6-12H2,1H3,(H,24,25)(H3,22,23,26)/t14?,15?,16?,18-,21?/m1/s1. The van der Waals surface area contributed by atoms with Gasteiger partial charge in [0.2, 0.25) is 5.91 Å². The molecule has 4 bridgehead atoms. The number of carbonyl (C=O) groups excluding carboxylic acids is 2. The predicted octanol–water partition coefficient (Wildman–Crippen LogP) is 3.18. The first-order chi connectivity index (χ1) is 12.4. The first-order valence-corrected chi connectivity index (χ1v) is 9.85. The fraction of sp³-hybridized carbons (Fsp3) is 0.619. The third-order valence-corrected chi connectivity index (χ3v) is 6.71. The maximum absolute atomic E-state index is 12.9. The van der Waals surface area contributed by atoms with Gasteiger partial charge in [0.15, 0.2) is 0 Å². The van der Waals surface area contributed by atoms with Crippen LogP contribution in [0.25, 0.3) is 0 Å². The molecular weight excluding hydrogens is 326 g/mol. The average Bonchev–Trinajstić information content (AvgIpc) is 2.52. The lowest BCUT2D eigenvalue weighted by Gasteiger charge is -2.57. The number of carbonyl (C=O) groups is 2. The van der Waals surface area contributed by atoms with Crippen molar-refractivity contribution in [2.45, 2.75) is 63.5 Å². The van der Waals surface area contributed by atoms with Crippen LogP contribution in [0.3, 0.4) is 0 Å². The minimum absolute atomic E-state index is 0.00512. The van der Waals surface area contributed by atoms with Crippen LogP contribution in [0.5, 0.6) is 0 Å². The first-order valence-electron chi connectivity index (χ1n) is 9.85. The van der Waals surface area contributed by atoms with Gasteiger partial charge in [0.05, 0.1) is 12.5 Å². The van der Waals surface area contributed by atoms with Crippen molar-refractivity contribution in [3.63, 3.8) is 0 Å². The highest BCUT2D eigenvalue weighted by Gasteiger charge is 2.51. The van der Waals surface area contributed by atoms with Gasteiger partial charge in [-0.3, -0.25) is 4.79 Å². The van der Waals surface area contributed by atoms with E-state index in [0.717, 1.165) is 48.1 Å². The summed E-state index contributed by atoms with van der Waals surface area (Å²) in [6.07, 6.45) is 7.67. The fourth-order valence-electron chi connectivity index (χ4n) is 6.18. The molecule has 3 amide bonds. The number of benzene rings is 1. The van der Waals surface area contributed by atoms with Gasteiger partial charge in [0.1, 0.15) is 0 Å². The summed E-state index contributed by atoms with van der Waals surface area (Å²) in [7, 11) is 0. The number of nitrogens with one attached hydrogen (secondary N) is 2. The zero-order valence-electron chi connectivity index (χ0n) is 15.5. The first kappa shape index (κ1) is 17.4. The van der Waals surface area contributed by atoms with Gasteiger partial charge in [-0.25, -0.2) is 4.79 Å². The number of hydrogen-bond acceptors (Lipinski definition) is 2. The van der Waals surface area contributed by atoms with Gasteiger partial charge in [0, 0.05) is 5.54 Å². The molecular formula is C21H29N3O2. The van der Waals surface area contributed by atoms with Crippen molar-refractivity contribution in [3.05, 3.63) is 35.4 Å². The van der Waals surface area contributed by atoms with Gasteiger partial charge in [-0.1, -0.05) is 24.3 Å². The summed E-state index contributed by atoms with van der Waals surface area (Å²) < 4.78 is 0. The van der Waals surface area contributed by atoms with Crippen molar-refractivity contribution in [3.8, 4) is 0 Å². The predicted molar refractivity (Wildman–Crippen MR) is 100 cm³/mol. The van der Waals surface area contributed by atoms with E-state index in [1.165, 1.54) is 19.3 Å². The van der Waals surface area contributed by atoms with Crippen molar-refractivity contribution in [1.82, 2.24) is 10.6 Å². The highest BCUT2D eigenvalue weighted by molar-refractivity contribution is 5.79. The van der Waals surface area contributed by atoms with Gasteiger partial charge >= 0.3 is 6.03 Å². The van der Waals surface area contributed by atoms with Gasteiger partial charge in [-0.05, 0) is 74.3 Å². The molecule has 26 heavy (non-hydrogen) atoms. The van der Waals surface area contributed by atoms with Crippen LogP contribution in [-0.2, 0) is 4.79 Å². The minimum atomic E-state index is -0.596. The van der Waals surface area contributed by atoms with Crippen molar-refractivity contribution in [2.75, 3.05) is 0 Å². The van der Waals surface area contributed by atoms with Gasteiger partial charge in [-0.2, -0.15) is 0 Å². The van der Waals surface area contributed by atoms with E-state index >= 15 is 0 Å². The van der Waals surface area contributed by atoms with E-state index in [2.05, 4.69) is 10.6 Å². The van der Waals surface area contributed by atoms with Crippen molar-refractivity contribution >= 4 is 11.9 Å². The Hall–Kier alpha value is -2.04. The monoisotopic (exact) mass is 355 g/mol. The largest absolute Gasteiger partial charge is 0.352 e. The molecule has 0 aliphatic heterocycles. The van der Waals surface area contributed by atoms with Crippen molar-refractivity contribution < 1.29 is 9.59 Å². The second kappa shape index (κ2) is 6.60. The Labute approximate surface area is 155 Å². The molecule has 5 rings (SSSR count). The number of urea groups is 1. The SMILES string of the molecule is Cc1ccccc1[C@@H](CC(=O)NC12CC3CC(CC(C3)C1)C2)NC(N)=O. The summed E-state index contributed by atoms with van der Waals surface area (Å²) in [5.41, 5.74) is 7.36. The molecule has 5 heteroatoms. The van der Waals surface area contributed by atoms with Crippen LogP contribution in [-0.4, -0.2) is 17.5 Å². The Morgan fingerprint density at radius 1 is 1.12 bits per heavy atom. The Kier molecular flexibility index (Phi) is 4.41. The summed E-state index contributed by atoms with van der Waals surface area (Å²) >= 11 is 0. The zero-order chi connectivity index (χ0) is 18.3. The smallest absolute Gasteiger partial charge is 0.312 e. The van der Waals surface area contributed by atoms with Crippen molar-refractivity contribution in [2.24, 2.45) is 23.5 Å². The molecule has 4 aliphatic carbocycles. The topological polar surface area (TPSA) is 84.2 Å². The molecule has 0 heterocycles. The van der Waals surface area contributed by atoms with E-state index in [0.29, 0.717) is 0 Å². The molecule has 0 aromatic heterocycles. The second-order valence-electron chi connectivity index (χ2n) is 8.87. The molecule has 140 valence electrons. The molecule has 4 N–H and O–H groups in total. The molecule has 4 aliphatic rings. The molecule has 4 saturated carbocycles. The summed E-state index contributed by atoms with van der Waals surface area (Å²) in [6.45, 7) is 1.99. The van der Waals surface area contributed by atoms with Crippen LogP contribution in [0, 0.1) is 24.7 Å². The Morgan fingerprint density at radius 2 is 1.69 bits per heavy atom. The number of primary amides is 1. The molecule has 0 spiro atoms.